The van der Waals surface area contributed by atoms with Gasteiger partial charge in [-0.05, 0) is 50.0 Å². The molecule has 2 heterocycles. The maximum atomic E-state index is 4.54. The van der Waals surface area contributed by atoms with Crippen molar-refractivity contribution in [2.45, 2.75) is 32.1 Å². The summed E-state index contributed by atoms with van der Waals surface area (Å²) in [5, 5.41) is 8.98. The van der Waals surface area contributed by atoms with Crippen LogP contribution in [0.15, 0.2) is 49.2 Å². The normalized spacial score (nSPS) is 15.9. The number of allylic oxidation sites excluding steroid dienone is 1. The largest absolute Gasteiger partial charge is 0.285 e. The Morgan fingerprint density at radius 3 is 2.50 bits per heavy atom. The van der Waals surface area contributed by atoms with Gasteiger partial charge in [-0.3, -0.25) is 4.40 Å². The summed E-state index contributed by atoms with van der Waals surface area (Å²) in [7, 11) is 0. The summed E-state index contributed by atoms with van der Waals surface area (Å²) in [5.74, 6) is 1.05. The van der Waals surface area contributed by atoms with Crippen molar-refractivity contribution in [2.24, 2.45) is 0 Å². The smallest absolute Gasteiger partial charge is 0.168 e. The van der Waals surface area contributed by atoms with Crippen LogP contribution < -0.4 is 0 Å². The third-order valence-electron chi connectivity index (χ3n) is 4.68. The molecule has 1 saturated carbocycles. The number of hydrogen-bond acceptors (Lipinski definition) is 2. The highest BCUT2D eigenvalue weighted by molar-refractivity contribution is 5.73. The number of benzene rings is 1. The predicted molar refractivity (Wildman–Crippen MR) is 88.9 cm³/mol. The van der Waals surface area contributed by atoms with E-state index < -0.39 is 0 Å². The molecule has 1 aromatic carbocycles. The molecule has 2 aromatic heterocycles. The molecular weight excluding hydrogens is 270 g/mol. The molecule has 3 aromatic rings. The fourth-order valence-electron chi connectivity index (χ4n) is 3.21. The lowest BCUT2D eigenvalue weighted by molar-refractivity contribution is 0.739. The van der Waals surface area contributed by atoms with E-state index in [-0.39, 0.29) is 5.41 Å². The van der Waals surface area contributed by atoms with Gasteiger partial charge in [-0.2, -0.15) is 0 Å². The summed E-state index contributed by atoms with van der Waals surface area (Å²) in [4.78, 5) is 0. The van der Waals surface area contributed by atoms with Gasteiger partial charge in [0, 0.05) is 11.8 Å². The van der Waals surface area contributed by atoms with E-state index in [0.717, 1.165) is 35.4 Å². The fourth-order valence-corrected chi connectivity index (χ4v) is 3.21. The minimum Gasteiger partial charge on any atom is -0.285 e. The molecule has 0 bridgehead atoms. The van der Waals surface area contributed by atoms with Crippen LogP contribution in [0.5, 0.6) is 0 Å². The predicted octanol–water partition coefficient (Wildman–Crippen LogP) is 4.15. The number of aryl methyl sites for hydroxylation is 1. The van der Waals surface area contributed by atoms with E-state index in [9.17, 15) is 0 Å². The average molecular weight is 289 g/mol. The Hall–Kier alpha value is -2.42. The molecule has 0 aliphatic heterocycles. The summed E-state index contributed by atoms with van der Waals surface area (Å²) in [6.07, 6.45) is 4.33. The zero-order chi connectivity index (χ0) is 15.3. The highest BCUT2D eigenvalue weighted by atomic mass is 15.3. The van der Waals surface area contributed by atoms with Crippen LogP contribution in [0.2, 0.25) is 0 Å². The minimum absolute atomic E-state index is 0.0286. The molecule has 1 fully saturated rings. The SMILES string of the molecule is C=C(C)c1cccn2c(C3(c4ccc(C)cc4)CC3)nnc12. The molecule has 0 saturated heterocycles. The van der Waals surface area contributed by atoms with Gasteiger partial charge >= 0.3 is 0 Å². The van der Waals surface area contributed by atoms with Crippen LogP contribution >= 0.6 is 0 Å². The molecule has 0 N–H and O–H groups in total. The molecule has 0 spiro atoms. The third-order valence-corrected chi connectivity index (χ3v) is 4.68. The van der Waals surface area contributed by atoms with Crippen LogP contribution in [0.4, 0.5) is 0 Å². The topological polar surface area (TPSA) is 30.2 Å². The standard InChI is InChI=1S/C19H19N3/c1-13(2)16-5-4-12-22-17(16)20-21-18(22)19(10-11-19)15-8-6-14(3)7-9-15/h4-9,12H,1,10-11H2,2-3H3. The minimum atomic E-state index is 0.0286. The van der Waals surface area contributed by atoms with Gasteiger partial charge in [0.2, 0.25) is 0 Å². The van der Waals surface area contributed by atoms with E-state index in [2.05, 4.69) is 70.7 Å². The van der Waals surface area contributed by atoms with Crippen LogP contribution in [-0.4, -0.2) is 14.6 Å². The summed E-state index contributed by atoms with van der Waals surface area (Å²) < 4.78 is 2.14. The van der Waals surface area contributed by atoms with Gasteiger partial charge in [0.25, 0.3) is 0 Å². The van der Waals surface area contributed by atoms with E-state index in [1.165, 1.54) is 11.1 Å². The highest BCUT2D eigenvalue weighted by Crippen LogP contribution is 2.52. The second-order valence-electron chi connectivity index (χ2n) is 6.37. The molecule has 1 aliphatic rings. The lowest BCUT2D eigenvalue weighted by Crippen LogP contribution is -2.13. The highest BCUT2D eigenvalue weighted by Gasteiger charge is 2.49. The number of nitrogens with zero attached hydrogens (tertiary/aromatic N) is 3. The molecule has 3 heteroatoms. The maximum Gasteiger partial charge on any atom is 0.168 e. The second-order valence-corrected chi connectivity index (χ2v) is 6.37. The Morgan fingerprint density at radius 2 is 1.86 bits per heavy atom. The molecular formula is C19H19N3. The van der Waals surface area contributed by atoms with E-state index >= 15 is 0 Å². The van der Waals surface area contributed by atoms with Gasteiger partial charge in [-0.25, -0.2) is 0 Å². The Kier molecular flexibility index (Phi) is 2.73. The van der Waals surface area contributed by atoms with Crippen molar-refractivity contribution in [3.8, 4) is 0 Å². The molecule has 4 rings (SSSR count). The quantitative estimate of drug-likeness (QED) is 0.725. The monoisotopic (exact) mass is 289 g/mol. The van der Waals surface area contributed by atoms with Crippen LogP contribution in [0.25, 0.3) is 11.2 Å². The van der Waals surface area contributed by atoms with Gasteiger partial charge in [0.05, 0.1) is 5.41 Å². The molecule has 22 heavy (non-hydrogen) atoms. The molecule has 0 atom stereocenters. The molecule has 0 amide bonds. The first-order chi connectivity index (χ1) is 10.6. The zero-order valence-electron chi connectivity index (χ0n) is 13.0. The van der Waals surface area contributed by atoms with Crippen molar-refractivity contribution in [1.29, 1.82) is 0 Å². The van der Waals surface area contributed by atoms with Gasteiger partial charge in [-0.1, -0.05) is 36.4 Å². The molecule has 3 nitrogen and oxygen atoms in total. The first-order valence-corrected chi connectivity index (χ1v) is 7.69. The average Bonchev–Trinajstić information content (AvgIpc) is 3.20. The van der Waals surface area contributed by atoms with Gasteiger partial charge in [0.15, 0.2) is 5.65 Å². The van der Waals surface area contributed by atoms with Crippen molar-refractivity contribution in [1.82, 2.24) is 14.6 Å². The van der Waals surface area contributed by atoms with Gasteiger partial charge in [-0.15, -0.1) is 10.2 Å². The first-order valence-electron chi connectivity index (χ1n) is 7.69. The Morgan fingerprint density at radius 1 is 1.14 bits per heavy atom. The summed E-state index contributed by atoms with van der Waals surface area (Å²) in [6, 6.07) is 12.9. The first kappa shape index (κ1) is 13.3. The van der Waals surface area contributed by atoms with Crippen molar-refractivity contribution < 1.29 is 0 Å². The maximum absolute atomic E-state index is 4.54. The lowest BCUT2D eigenvalue weighted by atomic mass is 9.94. The number of rotatable bonds is 3. The lowest BCUT2D eigenvalue weighted by Gasteiger charge is -2.14. The fraction of sp³-hybridized carbons (Fsp3) is 0.263. The van der Waals surface area contributed by atoms with E-state index in [1.54, 1.807) is 0 Å². The Labute approximate surface area is 130 Å². The summed E-state index contributed by atoms with van der Waals surface area (Å²) in [5.41, 5.74) is 5.65. The summed E-state index contributed by atoms with van der Waals surface area (Å²) >= 11 is 0. The second kappa shape index (κ2) is 4.54. The third kappa shape index (κ3) is 1.82. The van der Waals surface area contributed by atoms with Crippen molar-refractivity contribution in [3.63, 3.8) is 0 Å². The van der Waals surface area contributed by atoms with Crippen molar-refractivity contribution in [3.05, 3.63) is 71.7 Å². The van der Waals surface area contributed by atoms with Crippen LogP contribution in [0, 0.1) is 6.92 Å². The van der Waals surface area contributed by atoms with E-state index in [4.69, 9.17) is 0 Å². The Balaban J connectivity index is 1.90. The number of pyridine rings is 1. The number of aromatic nitrogens is 3. The molecule has 0 unspecified atom stereocenters. The number of fused-ring (bicyclic) bond motifs is 1. The molecule has 1 aliphatic carbocycles. The summed E-state index contributed by atoms with van der Waals surface area (Å²) in [6.45, 7) is 8.18. The van der Waals surface area contributed by atoms with Gasteiger partial charge in [0.1, 0.15) is 5.82 Å². The van der Waals surface area contributed by atoms with Crippen LogP contribution in [0.3, 0.4) is 0 Å². The van der Waals surface area contributed by atoms with Gasteiger partial charge < -0.3 is 0 Å². The molecule has 110 valence electrons. The van der Waals surface area contributed by atoms with Crippen LogP contribution in [0.1, 0.15) is 42.3 Å². The van der Waals surface area contributed by atoms with Crippen molar-refractivity contribution in [2.75, 3.05) is 0 Å². The number of hydrogen-bond donors (Lipinski definition) is 0. The van der Waals surface area contributed by atoms with Crippen molar-refractivity contribution >= 4 is 11.2 Å². The Bertz CT molecular complexity index is 867. The molecule has 0 radical (unpaired) electrons. The van der Waals surface area contributed by atoms with E-state index in [1.807, 2.05) is 6.92 Å². The van der Waals surface area contributed by atoms with Crippen LogP contribution in [-0.2, 0) is 5.41 Å². The zero-order valence-corrected chi connectivity index (χ0v) is 13.0. The van der Waals surface area contributed by atoms with E-state index in [0.29, 0.717) is 0 Å².